The fourth-order valence-electron chi connectivity index (χ4n) is 2.53. The van der Waals surface area contributed by atoms with Gasteiger partial charge in [0.25, 0.3) is 11.8 Å². The largest absolute Gasteiger partial charge is 0.388 e. The van der Waals surface area contributed by atoms with Crippen LogP contribution in [-0.4, -0.2) is 79.3 Å². The predicted octanol–water partition coefficient (Wildman–Crippen LogP) is -0.400. The van der Waals surface area contributed by atoms with Crippen LogP contribution >= 0.6 is 0 Å². The molecule has 1 rings (SSSR count). The van der Waals surface area contributed by atoms with Gasteiger partial charge < -0.3 is 36.5 Å². The second kappa shape index (κ2) is 13.3. The first-order valence-corrected chi connectivity index (χ1v) is 8.75. The molecule has 0 heterocycles. The zero-order chi connectivity index (χ0) is 21.1. The van der Waals surface area contributed by atoms with Crippen LogP contribution in [0.3, 0.4) is 0 Å². The van der Waals surface area contributed by atoms with Gasteiger partial charge in [0.2, 0.25) is 0 Å². The average Bonchev–Trinajstić information content (AvgIpc) is 2.66. The summed E-state index contributed by atoms with van der Waals surface area (Å²) < 4.78 is 36.7. The van der Waals surface area contributed by atoms with Crippen LogP contribution in [0, 0.1) is 0 Å². The van der Waals surface area contributed by atoms with Gasteiger partial charge >= 0.3 is 0 Å². The van der Waals surface area contributed by atoms with Crippen LogP contribution in [0.2, 0.25) is 0 Å². The van der Waals surface area contributed by atoms with E-state index in [1.54, 1.807) is 0 Å². The Morgan fingerprint density at radius 3 is 2.08 bits per heavy atom. The van der Waals surface area contributed by atoms with Gasteiger partial charge in [-0.3, -0.25) is 4.79 Å². The van der Waals surface area contributed by atoms with Gasteiger partial charge in [-0.25, -0.2) is 8.78 Å². The standard InChI is InChI=1S/C12H23F2N3O5.2C2H6/c1-21-8-5(16)3-6(7(18)9(8)22-2)17-11(20)10(19)12(13,14)4-15;2*1-2/h5-10,18-19H,3-4,15-16H2,1-2H3,(H,17,20);2*1-2H3/t5-,6+,7-,8+,9+,10?;;/m0../s1. The van der Waals surface area contributed by atoms with Crippen molar-refractivity contribution in [3.8, 4) is 0 Å². The molecule has 0 saturated heterocycles. The summed E-state index contributed by atoms with van der Waals surface area (Å²) in [5.41, 5.74) is 10.7. The molecule has 1 aliphatic rings. The number of carbonyl (C=O) groups excluding carboxylic acids is 1. The summed E-state index contributed by atoms with van der Waals surface area (Å²) in [5, 5.41) is 21.7. The van der Waals surface area contributed by atoms with Crippen LogP contribution in [0.4, 0.5) is 8.78 Å². The molecule has 158 valence electrons. The van der Waals surface area contributed by atoms with Crippen LogP contribution in [0.25, 0.3) is 0 Å². The van der Waals surface area contributed by atoms with E-state index in [0.29, 0.717) is 0 Å². The summed E-state index contributed by atoms with van der Waals surface area (Å²) in [6.45, 7) is 6.82. The number of carbonyl (C=O) groups is 1. The number of nitrogens with one attached hydrogen (secondary N) is 1. The molecule has 0 aromatic rings. The second-order valence-electron chi connectivity index (χ2n) is 5.27. The van der Waals surface area contributed by atoms with Gasteiger partial charge in [-0.2, -0.15) is 0 Å². The number of ether oxygens (including phenoxy) is 2. The van der Waals surface area contributed by atoms with Gasteiger partial charge in [-0.05, 0) is 6.42 Å². The van der Waals surface area contributed by atoms with Crippen molar-refractivity contribution in [2.45, 2.75) is 76.5 Å². The molecule has 1 unspecified atom stereocenters. The minimum Gasteiger partial charge on any atom is -0.388 e. The van der Waals surface area contributed by atoms with E-state index in [1.807, 2.05) is 27.7 Å². The third-order valence-corrected chi connectivity index (χ3v) is 3.81. The molecule has 1 amide bonds. The number of amides is 1. The first-order valence-electron chi connectivity index (χ1n) is 8.75. The molecule has 10 heteroatoms. The number of aliphatic hydroxyl groups is 2. The highest BCUT2D eigenvalue weighted by atomic mass is 19.3. The summed E-state index contributed by atoms with van der Waals surface area (Å²) in [6.07, 6.45) is -5.21. The van der Waals surface area contributed by atoms with Crippen LogP contribution in [0.15, 0.2) is 0 Å². The van der Waals surface area contributed by atoms with Gasteiger partial charge in [-0.15, -0.1) is 0 Å². The number of alkyl halides is 2. The molecule has 1 aliphatic carbocycles. The number of aliphatic hydroxyl groups excluding tert-OH is 2. The van der Waals surface area contributed by atoms with E-state index in [1.165, 1.54) is 14.2 Å². The van der Waals surface area contributed by atoms with E-state index in [2.05, 4.69) is 5.32 Å². The molecule has 0 aromatic carbocycles. The minimum atomic E-state index is -3.76. The Morgan fingerprint density at radius 1 is 1.23 bits per heavy atom. The monoisotopic (exact) mass is 387 g/mol. The lowest BCUT2D eigenvalue weighted by Gasteiger charge is -2.42. The number of nitrogens with two attached hydrogens (primary N) is 2. The Kier molecular flexibility index (Phi) is 14.0. The van der Waals surface area contributed by atoms with E-state index in [9.17, 15) is 23.8 Å². The minimum absolute atomic E-state index is 0.0756. The summed E-state index contributed by atoms with van der Waals surface area (Å²) in [4.78, 5) is 11.7. The van der Waals surface area contributed by atoms with Gasteiger partial charge in [0.1, 0.15) is 18.3 Å². The maximum absolute atomic E-state index is 13.2. The number of hydrogen-bond donors (Lipinski definition) is 5. The van der Waals surface area contributed by atoms with Crippen LogP contribution in [0.1, 0.15) is 34.1 Å². The smallest absolute Gasteiger partial charge is 0.294 e. The number of rotatable bonds is 6. The molecule has 0 aromatic heterocycles. The highest BCUT2D eigenvalue weighted by molar-refractivity contribution is 5.82. The van der Waals surface area contributed by atoms with E-state index in [4.69, 9.17) is 20.9 Å². The Labute approximate surface area is 154 Å². The Balaban J connectivity index is 0. The third-order valence-electron chi connectivity index (χ3n) is 3.81. The van der Waals surface area contributed by atoms with Crippen LogP contribution in [0.5, 0.6) is 0 Å². The highest BCUT2D eigenvalue weighted by Crippen LogP contribution is 2.24. The lowest BCUT2D eigenvalue weighted by atomic mass is 9.84. The van der Waals surface area contributed by atoms with Gasteiger partial charge in [0.15, 0.2) is 6.10 Å². The molecule has 0 spiro atoms. The summed E-state index contributed by atoms with van der Waals surface area (Å²) in [6, 6.07) is -1.54. The fourth-order valence-corrected chi connectivity index (χ4v) is 2.53. The highest BCUT2D eigenvalue weighted by Gasteiger charge is 2.47. The Bertz CT molecular complexity index is 391. The second-order valence-corrected chi connectivity index (χ2v) is 5.27. The number of methoxy groups -OCH3 is 2. The van der Waals surface area contributed by atoms with Crippen molar-refractivity contribution in [3.05, 3.63) is 0 Å². The van der Waals surface area contributed by atoms with Crippen molar-refractivity contribution >= 4 is 5.91 Å². The van der Waals surface area contributed by atoms with Crippen molar-refractivity contribution in [2.24, 2.45) is 11.5 Å². The summed E-state index contributed by atoms with van der Waals surface area (Å²) >= 11 is 0. The Morgan fingerprint density at radius 2 is 1.69 bits per heavy atom. The molecule has 26 heavy (non-hydrogen) atoms. The quantitative estimate of drug-likeness (QED) is 0.418. The predicted molar refractivity (Wildman–Crippen MR) is 94.8 cm³/mol. The maximum Gasteiger partial charge on any atom is 0.294 e. The average molecular weight is 387 g/mol. The zero-order valence-electron chi connectivity index (χ0n) is 16.4. The molecule has 1 saturated carbocycles. The van der Waals surface area contributed by atoms with Crippen LogP contribution < -0.4 is 16.8 Å². The fraction of sp³-hybridized carbons (Fsp3) is 0.938. The first-order chi connectivity index (χ1) is 12.2. The van der Waals surface area contributed by atoms with Crippen LogP contribution in [-0.2, 0) is 14.3 Å². The molecule has 0 bridgehead atoms. The molecule has 1 fully saturated rings. The Hall–Kier alpha value is -0.910. The lowest BCUT2D eigenvalue weighted by molar-refractivity contribution is -0.160. The molecule has 6 atom stereocenters. The summed E-state index contributed by atoms with van der Waals surface area (Å²) in [7, 11) is 2.72. The third kappa shape index (κ3) is 7.01. The SMILES string of the molecule is CC.CC.CO[C@@H]1[C@@H](O)[C@H](NC(=O)C(O)C(F)(F)CN)C[C@H](N)[C@H]1OC. The summed E-state index contributed by atoms with van der Waals surface area (Å²) in [5.74, 6) is -5.10. The van der Waals surface area contributed by atoms with E-state index < -0.39 is 54.9 Å². The van der Waals surface area contributed by atoms with E-state index in [-0.39, 0.29) is 6.42 Å². The van der Waals surface area contributed by atoms with Crippen molar-refractivity contribution < 1.29 is 33.3 Å². The molecule has 0 aliphatic heterocycles. The normalized spacial score (nSPS) is 29.5. The van der Waals surface area contributed by atoms with Crippen molar-refractivity contribution in [2.75, 3.05) is 20.8 Å². The van der Waals surface area contributed by atoms with Crippen molar-refractivity contribution in [1.29, 1.82) is 0 Å². The molecule has 0 radical (unpaired) electrons. The molecular weight excluding hydrogens is 352 g/mol. The molecule has 7 N–H and O–H groups in total. The van der Waals surface area contributed by atoms with Gasteiger partial charge in [0.05, 0.1) is 12.6 Å². The van der Waals surface area contributed by atoms with Gasteiger partial charge in [0, 0.05) is 20.3 Å². The molecule has 8 nitrogen and oxygen atoms in total. The van der Waals surface area contributed by atoms with E-state index in [0.717, 1.165) is 0 Å². The van der Waals surface area contributed by atoms with E-state index >= 15 is 0 Å². The maximum atomic E-state index is 13.2. The molecular formula is C16H35F2N3O5. The van der Waals surface area contributed by atoms with Crippen molar-refractivity contribution in [3.63, 3.8) is 0 Å². The number of hydrogen-bond acceptors (Lipinski definition) is 7. The van der Waals surface area contributed by atoms with Gasteiger partial charge in [-0.1, -0.05) is 27.7 Å². The zero-order valence-corrected chi connectivity index (χ0v) is 16.4. The van der Waals surface area contributed by atoms with Crippen molar-refractivity contribution in [1.82, 2.24) is 5.32 Å². The lowest BCUT2D eigenvalue weighted by Crippen LogP contribution is -2.65. The number of halogens is 2. The first kappa shape index (κ1) is 27.3. The topological polar surface area (TPSA) is 140 Å².